The molecule has 2 heterocycles. The summed E-state index contributed by atoms with van der Waals surface area (Å²) in [6.45, 7) is 5.14. The number of fused-ring (bicyclic) bond motifs is 1. The lowest BCUT2D eigenvalue weighted by atomic mass is 10.2. The van der Waals surface area contributed by atoms with Gasteiger partial charge in [-0.15, -0.1) is 0 Å². The minimum atomic E-state index is -3.60. The van der Waals surface area contributed by atoms with E-state index in [1.165, 1.54) is 0 Å². The second-order valence-corrected chi connectivity index (χ2v) is 10.6. The van der Waals surface area contributed by atoms with Crippen LogP contribution in [0.15, 0.2) is 67.0 Å². The minimum Gasteiger partial charge on any atom is -0.471 e. The first kappa shape index (κ1) is 28.7. The van der Waals surface area contributed by atoms with Crippen LogP contribution in [0.2, 0.25) is 0 Å². The van der Waals surface area contributed by atoms with Crippen molar-refractivity contribution in [3.63, 3.8) is 0 Å². The zero-order valence-electron chi connectivity index (χ0n) is 22.1. The summed E-state index contributed by atoms with van der Waals surface area (Å²) in [4.78, 5) is 13.0. The van der Waals surface area contributed by atoms with Crippen molar-refractivity contribution in [2.45, 2.75) is 39.5 Å². The molecule has 0 saturated carbocycles. The second kappa shape index (κ2) is 14.2. The Bertz CT molecular complexity index is 1350. The Labute approximate surface area is 227 Å². The molecule has 2 aromatic carbocycles. The van der Waals surface area contributed by atoms with Gasteiger partial charge in [0.1, 0.15) is 6.61 Å². The van der Waals surface area contributed by atoms with Gasteiger partial charge >= 0.3 is 7.60 Å². The van der Waals surface area contributed by atoms with E-state index in [4.69, 9.17) is 29.0 Å². The van der Waals surface area contributed by atoms with Gasteiger partial charge in [-0.25, -0.2) is 4.98 Å². The van der Waals surface area contributed by atoms with Crippen LogP contribution in [0.5, 0.6) is 5.88 Å². The normalized spacial score (nSPS) is 12.6. The van der Waals surface area contributed by atoms with Gasteiger partial charge in [-0.3, -0.25) is 4.57 Å². The SMILES string of the molecule is CCOP(=O)(OCC)C(COCc1ccccc1)OCCn1cnc2c(OCc3ccccc3)nc(N)nc21. The largest absolute Gasteiger partial charge is 0.471 e. The molecule has 0 aliphatic heterocycles. The quantitative estimate of drug-likeness (QED) is 0.192. The van der Waals surface area contributed by atoms with Crippen LogP contribution in [0.4, 0.5) is 5.95 Å². The lowest BCUT2D eigenvalue weighted by Crippen LogP contribution is -2.25. The first-order valence-corrected chi connectivity index (χ1v) is 14.4. The average Bonchev–Trinajstić information content (AvgIpc) is 3.35. The third kappa shape index (κ3) is 7.84. The van der Waals surface area contributed by atoms with Gasteiger partial charge in [0.2, 0.25) is 11.8 Å². The number of ether oxygens (including phenoxy) is 3. The molecule has 208 valence electrons. The standard InChI is InChI=1S/C27H34N5O6P/c1-3-37-39(33,38-4-2)23(19-34-17-21-11-7-5-8-12-21)35-16-15-32-20-29-24-25(32)30-27(28)31-26(24)36-18-22-13-9-6-10-14-22/h5-14,20,23H,3-4,15-19H2,1-2H3,(H2,28,30,31). The number of anilines is 1. The number of rotatable bonds is 16. The molecule has 4 rings (SSSR count). The van der Waals surface area contributed by atoms with E-state index in [1.807, 2.05) is 60.7 Å². The van der Waals surface area contributed by atoms with E-state index in [1.54, 1.807) is 24.7 Å². The predicted octanol–water partition coefficient (Wildman–Crippen LogP) is 4.81. The maximum absolute atomic E-state index is 13.5. The summed E-state index contributed by atoms with van der Waals surface area (Å²) in [6.07, 6.45) is 1.61. The Kier molecular flexibility index (Phi) is 10.4. The van der Waals surface area contributed by atoms with Crippen molar-refractivity contribution >= 4 is 24.7 Å². The molecule has 0 radical (unpaired) electrons. The number of nitrogens with zero attached hydrogens (tertiary/aromatic N) is 4. The molecule has 0 aliphatic carbocycles. The highest BCUT2D eigenvalue weighted by Crippen LogP contribution is 2.53. The monoisotopic (exact) mass is 555 g/mol. The molecule has 2 N–H and O–H groups in total. The molecule has 0 saturated heterocycles. The first-order chi connectivity index (χ1) is 19.0. The third-order valence-corrected chi connectivity index (χ3v) is 7.89. The predicted molar refractivity (Wildman–Crippen MR) is 147 cm³/mol. The van der Waals surface area contributed by atoms with E-state index in [2.05, 4.69) is 15.0 Å². The van der Waals surface area contributed by atoms with Crippen LogP contribution in [0.25, 0.3) is 11.2 Å². The molecule has 0 fully saturated rings. The van der Waals surface area contributed by atoms with Gasteiger partial charge in [0.25, 0.3) is 0 Å². The van der Waals surface area contributed by atoms with Crippen molar-refractivity contribution < 1.29 is 27.8 Å². The fourth-order valence-corrected chi connectivity index (χ4v) is 5.56. The van der Waals surface area contributed by atoms with Crippen LogP contribution in [-0.4, -0.2) is 51.8 Å². The maximum Gasteiger partial charge on any atom is 0.361 e. The summed E-state index contributed by atoms with van der Waals surface area (Å²) in [5, 5.41) is 0. The van der Waals surface area contributed by atoms with E-state index >= 15 is 0 Å². The van der Waals surface area contributed by atoms with Crippen LogP contribution >= 0.6 is 7.60 Å². The molecule has 4 aromatic rings. The molecule has 0 bridgehead atoms. The summed E-state index contributed by atoms with van der Waals surface area (Å²) in [7, 11) is -3.60. The first-order valence-electron chi connectivity index (χ1n) is 12.8. The van der Waals surface area contributed by atoms with Crippen molar-refractivity contribution in [1.29, 1.82) is 0 Å². The van der Waals surface area contributed by atoms with E-state index in [-0.39, 0.29) is 32.4 Å². The van der Waals surface area contributed by atoms with E-state index in [9.17, 15) is 4.57 Å². The van der Waals surface area contributed by atoms with Crippen LogP contribution < -0.4 is 10.5 Å². The Morgan fingerprint density at radius 2 is 1.56 bits per heavy atom. The number of nitrogens with two attached hydrogens (primary N) is 1. The van der Waals surface area contributed by atoms with E-state index in [0.29, 0.717) is 36.8 Å². The number of aromatic nitrogens is 4. The zero-order chi connectivity index (χ0) is 27.5. The number of imidazole rings is 1. The highest BCUT2D eigenvalue weighted by Gasteiger charge is 2.37. The zero-order valence-corrected chi connectivity index (χ0v) is 23.0. The Hall–Kier alpha value is -3.34. The number of nitrogen functional groups attached to an aromatic ring is 1. The number of hydrogen-bond acceptors (Lipinski definition) is 10. The topological polar surface area (TPSA) is 133 Å². The maximum atomic E-state index is 13.5. The van der Waals surface area contributed by atoms with E-state index < -0.39 is 13.4 Å². The van der Waals surface area contributed by atoms with Crippen LogP contribution in [0, 0.1) is 0 Å². The van der Waals surface area contributed by atoms with Gasteiger partial charge in [0.15, 0.2) is 17.0 Å². The molecule has 0 aliphatic rings. The van der Waals surface area contributed by atoms with Crippen molar-refractivity contribution in [1.82, 2.24) is 19.5 Å². The Morgan fingerprint density at radius 1 is 0.923 bits per heavy atom. The molecule has 0 amide bonds. The lowest BCUT2D eigenvalue weighted by molar-refractivity contribution is -0.00224. The van der Waals surface area contributed by atoms with Crippen LogP contribution in [0.1, 0.15) is 25.0 Å². The van der Waals surface area contributed by atoms with Gasteiger partial charge < -0.3 is 33.6 Å². The summed E-state index contributed by atoms with van der Waals surface area (Å²) in [5.41, 5.74) is 8.93. The van der Waals surface area contributed by atoms with Crippen molar-refractivity contribution in [3.8, 4) is 5.88 Å². The van der Waals surface area contributed by atoms with Crippen molar-refractivity contribution in [3.05, 3.63) is 78.1 Å². The molecule has 39 heavy (non-hydrogen) atoms. The van der Waals surface area contributed by atoms with E-state index in [0.717, 1.165) is 11.1 Å². The molecule has 1 atom stereocenters. The Morgan fingerprint density at radius 3 is 2.21 bits per heavy atom. The smallest absolute Gasteiger partial charge is 0.361 e. The highest BCUT2D eigenvalue weighted by atomic mass is 31.2. The van der Waals surface area contributed by atoms with Gasteiger partial charge in [0.05, 0.1) is 39.4 Å². The molecular formula is C27H34N5O6P. The van der Waals surface area contributed by atoms with Gasteiger partial charge in [0, 0.05) is 6.54 Å². The number of benzene rings is 2. The molecule has 0 spiro atoms. The van der Waals surface area contributed by atoms with Crippen molar-refractivity contribution in [2.24, 2.45) is 0 Å². The van der Waals surface area contributed by atoms with Gasteiger partial charge in [-0.05, 0) is 25.0 Å². The third-order valence-electron chi connectivity index (χ3n) is 5.65. The minimum absolute atomic E-state index is 0.0312. The molecule has 12 heteroatoms. The number of hydrogen-bond donors (Lipinski definition) is 1. The average molecular weight is 556 g/mol. The lowest BCUT2D eigenvalue weighted by Gasteiger charge is -2.26. The summed E-state index contributed by atoms with van der Waals surface area (Å²) < 4.78 is 44.2. The highest BCUT2D eigenvalue weighted by molar-refractivity contribution is 7.54. The van der Waals surface area contributed by atoms with Crippen LogP contribution in [-0.2, 0) is 42.8 Å². The molecule has 1 unspecified atom stereocenters. The van der Waals surface area contributed by atoms with Crippen LogP contribution in [0.3, 0.4) is 0 Å². The molecular weight excluding hydrogens is 521 g/mol. The van der Waals surface area contributed by atoms with Gasteiger partial charge in [-0.1, -0.05) is 60.7 Å². The molecule has 2 aromatic heterocycles. The Balaban J connectivity index is 1.43. The fraction of sp³-hybridized carbons (Fsp3) is 0.370. The van der Waals surface area contributed by atoms with Crippen molar-refractivity contribution in [2.75, 3.05) is 32.2 Å². The fourth-order valence-electron chi connectivity index (χ4n) is 3.86. The van der Waals surface area contributed by atoms with Gasteiger partial charge in [-0.2, -0.15) is 9.97 Å². The molecule has 11 nitrogen and oxygen atoms in total. The summed E-state index contributed by atoms with van der Waals surface area (Å²) in [6, 6.07) is 19.4. The second-order valence-electron chi connectivity index (χ2n) is 8.47. The summed E-state index contributed by atoms with van der Waals surface area (Å²) >= 11 is 0. The summed E-state index contributed by atoms with van der Waals surface area (Å²) in [5.74, 6) is -0.552.